The maximum absolute atomic E-state index is 9.40. The Morgan fingerprint density at radius 2 is 1.81 bits per heavy atom. The number of likely N-dealkylation sites (N-methyl/N-ethyl adjacent to an activating group) is 1. The van der Waals surface area contributed by atoms with E-state index in [1.807, 2.05) is 12.1 Å². The molecule has 2 aliphatic rings. The monoisotopic (exact) mass is 288 g/mol. The van der Waals surface area contributed by atoms with Crippen molar-refractivity contribution in [3.05, 3.63) is 29.8 Å². The number of aromatic hydroxyl groups is 1. The zero-order chi connectivity index (χ0) is 14.8. The normalized spacial score (nSPS) is 29.8. The third-order valence-electron chi connectivity index (χ3n) is 5.32. The Morgan fingerprint density at radius 1 is 1.19 bits per heavy atom. The molecule has 1 aromatic rings. The molecule has 2 fully saturated rings. The molecule has 2 heterocycles. The van der Waals surface area contributed by atoms with Crippen molar-refractivity contribution in [2.24, 2.45) is 0 Å². The number of rotatable bonds is 5. The Morgan fingerprint density at radius 3 is 2.38 bits per heavy atom. The molecule has 0 amide bonds. The van der Waals surface area contributed by atoms with Crippen LogP contribution < -0.4 is 5.32 Å². The largest absolute Gasteiger partial charge is 0.508 e. The van der Waals surface area contributed by atoms with Crippen LogP contribution in [0, 0.1) is 0 Å². The molecule has 21 heavy (non-hydrogen) atoms. The van der Waals surface area contributed by atoms with Crippen LogP contribution in [0.25, 0.3) is 0 Å². The summed E-state index contributed by atoms with van der Waals surface area (Å²) < 4.78 is 0. The van der Waals surface area contributed by atoms with E-state index in [4.69, 9.17) is 0 Å². The molecule has 2 saturated heterocycles. The average molecular weight is 288 g/mol. The van der Waals surface area contributed by atoms with E-state index >= 15 is 0 Å². The number of benzene rings is 1. The van der Waals surface area contributed by atoms with Gasteiger partial charge < -0.3 is 10.4 Å². The molecule has 1 aromatic carbocycles. The lowest BCUT2D eigenvalue weighted by atomic mass is 9.95. The van der Waals surface area contributed by atoms with Gasteiger partial charge in [-0.05, 0) is 63.3 Å². The summed E-state index contributed by atoms with van der Waals surface area (Å²) in [6.45, 7) is 5.76. The van der Waals surface area contributed by atoms with Crippen LogP contribution in [0.5, 0.6) is 5.75 Å². The molecule has 0 radical (unpaired) electrons. The van der Waals surface area contributed by atoms with Crippen LogP contribution >= 0.6 is 0 Å². The maximum atomic E-state index is 9.40. The minimum atomic E-state index is 0.355. The molecule has 2 bridgehead atoms. The summed E-state index contributed by atoms with van der Waals surface area (Å²) in [6.07, 6.45) is 6.41. The first-order chi connectivity index (χ1) is 10.2. The van der Waals surface area contributed by atoms with E-state index in [0.29, 0.717) is 11.8 Å². The van der Waals surface area contributed by atoms with Gasteiger partial charge in [-0.3, -0.25) is 4.90 Å². The van der Waals surface area contributed by atoms with E-state index in [1.54, 1.807) is 12.1 Å². The molecule has 3 rings (SSSR count). The van der Waals surface area contributed by atoms with Crippen LogP contribution in [0.15, 0.2) is 24.3 Å². The molecule has 0 spiro atoms. The second-order valence-corrected chi connectivity index (χ2v) is 6.81. The molecule has 3 atom stereocenters. The van der Waals surface area contributed by atoms with Crippen molar-refractivity contribution in [3.8, 4) is 5.75 Å². The molecule has 3 nitrogen and oxygen atoms in total. The first-order valence-corrected chi connectivity index (χ1v) is 8.45. The minimum Gasteiger partial charge on any atom is -0.508 e. The van der Waals surface area contributed by atoms with Gasteiger partial charge in [0.2, 0.25) is 0 Å². The van der Waals surface area contributed by atoms with Crippen molar-refractivity contribution in [2.75, 3.05) is 6.54 Å². The van der Waals surface area contributed by atoms with E-state index in [-0.39, 0.29) is 0 Å². The quantitative estimate of drug-likeness (QED) is 0.874. The number of fused-ring (bicyclic) bond motifs is 2. The first-order valence-electron chi connectivity index (χ1n) is 8.45. The fourth-order valence-corrected chi connectivity index (χ4v) is 4.32. The highest BCUT2D eigenvalue weighted by molar-refractivity contribution is 5.26. The van der Waals surface area contributed by atoms with Gasteiger partial charge in [0.25, 0.3) is 0 Å². The van der Waals surface area contributed by atoms with Gasteiger partial charge in [0.05, 0.1) is 0 Å². The van der Waals surface area contributed by atoms with E-state index in [0.717, 1.165) is 31.1 Å². The van der Waals surface area contributed by atoms with Crippen LogP contribution in [0.1, 0.15) is 45.1 Å². The summed E-state index contributed by atoms with van der Waals surface area (Å²) in [5, 5.41) is 13.1. The molecule has 0 aromatic heterocycles. The topological polar surface area (TPSA) is 35.5 Å². The molecular weight excluding hydrogens is 260 g/mol. The van der Waals surface area contributed by atoms with Crippen LogP contribution in [0.2, 0.25) is 0 Å². The number of piperidine rings is 1. The van der Waals surface area contributed by atoms with E-state index in [1.165, 1.54) is 31.2 Å². The van der Waals surface area contributed by atoms with Gasteiger partial charge in [-0.15, -0.1) is 0 Å². The van der Waals surface area contributed by atoms with E-state index < -0.39 is 0 Å². The molecular formula is C18H28N2O. The van der Waals surface area contributed by atoms with Gasteiger partial charge in [-0.2, -0.15) is 0 Å². The summed E-state index contributed by atoms with van der Waals surface area (Å²) in [5.41, 5.74) is 1.32. The molecule has 116 valence electrons. The SMILES string of the molecule is CCN(C(C)Cc1ccc(O)cc1)C1CC2CCC(C1)N2. The highest BCUT2D eigenvalue weighted by atomic mass is 16.3. The third kappa shape index (κ3) is 3.41. The first kappa shape index (κ1) is 14.9. The lowest BCUT2D eigenvalue weighted by Gasteiger charge is -2.40. The fraction of sp³-hybridized carbons (Fsp3) is 0.667. The molecule has 0 saturated carbocycles. The Hall–Kier alpha value is -1.06. The van der Waals surface area contributed by atoms with Gasteiger partial charge in [0.15, 0.2) is 0 Å². The van der Waals surface area contributed by atoms with Crippen LogP contribution in [-0.4, -0.2) is 40.7 Å². The number of phenols is 1. The summed E-state index contributed by atoms with van der Waals surface area (Å²) in [5.74, 6) is 0.355. The Labute approximate surface area is 128 Å². The number of nitrogens with one attached hydrogen (secondary N) is 1. The lowest BCUT2D eigenvalue weighted by Crippen LogP contribution is -2.51. The molecule has 3 heteroatoms. The number of nitrogens with zero attached hydrogens (tertiary/aromatic N) is 1. The maximum Gasteiger partial charge on any atom is 0.115 e. The highest BCUT2D eigenvalue weighted by Crippen LogP contribution is 2.31. The molecule has 2 N–H and O–H groups in total. The number of hydrogen-bond acceptors (Lipinski definition) is 3. The second kappa shape index (κ2) is 6.37. The van der Waals surface area contributed by atoms with Crippen molar-refractivity contribution in [2.45, 2.75) is 70.1 Å². The highest BCUT2D eigenvalue weighted by Gasteiger charge is 2.36. The van der Waals surface area contributed by atoms with Crippen LogP contribution in [0.4, 0.5) is 0 Å². The van der Waals surface area contributed by atoms with Crippen LogP contribution in [0.3, 0.4) is 0 Å². The van der Waals surface area contributed by atoms with Gasteiger partial charge in [-0.25, -0.2) is 0 Å². The molecule has 3 unspecified atom stereocenters. The smallest absolute Gasteiger partial charge is 0.115 e. The van der Waals surface area contributed by atoms with Crippen molar-refractivity contribution in [1.29, 1.82) is 0 Å². The molecule has 2 aliphatic heterocycles. The van der Waals surface area contributed by atoms with Crippen LogP contribution in [-0.2, 0) is 6.42 Å². The number of phenolic OH excluding ortho intramolecular Hbond substituents is 1. The fourth-order valence-electron chi connectivity index (χ4n) is 4.32. The zero-order valence-electron chi connectivity index (χ0n) is 13.3. The second-order valence-electron chi connectivity index (χ2n) is 6.81. The van der Waals surface area contributed by atoms with Crippen molar-refractivity contribution in [1.82, 2.24) is 10.2 Å². The Balaban J connectivity index is 1.63. The third-order valence-corrected chi connectivity index (χ3v) is 5.32. The van der Waals surface area contributed by atoms with Gasteiger partial charge in [0, 0.05) is 24.2 Å². The van der Waals surface area contributed by atoms with Gasteiger partial charge >= 0.3 is 0 Å². The predicted octanol–water partition coefficient (Wildman–Crippen LogP) is 2.93. The summed E-state index contributed by atoms with van der Waals surface area (Å²) in [6, 6.07) is 10.5. The van der Waals surface area contributed by atoms with Gasteiger partial charge in [-0.1, -0.05) is 19.1 Å². The van der Waals surface area contributed by atoms with Crippen molar-refractivity contribution >= 4 is 0 Å². The van der Waals surface area contributed by atoms with Crippen molar-refractivity contribution < 1.29 is 5.11 Å². The summed E-state index contributed by atoms with van der Waals surface area (Å²) in [7, 11) is 0. The summed E-state index contributed by atoms with van der Waals surface area (Å²) in [4.78, 5) is 2.69. The van der Waals surface area contributed by atoms with E-state index in [2.05, 4.69) is 24.1 Å². The molecule has 0 aliphatic carbocycles. The average Bonchev–Trinajstić information content (AvgIpc) is 2.81. The predicted molar refractivity (Wildman–Crippen MR) is 86.6 cm³/mol. The lowest BCUT2D eigenvalue weighted by molar-refractivity contribution is 0.107. The number of hydrogen-bond donors (Lipinski definition) is 2. The van der Waals surface area contributed by atoms with Crippen molar-refractivity contribution in [3.63, 3.8) is 0 Å². The minimum absolute atomic E-state index is 0.355. The Kier molecular flexibility index (Phi) is 4.51. The Bertz CT molecular complexity index is 447. The van der Waals surface area contributed by atoms with Gasteiger partial charge in [0.1, 0.15) is 5.75 Å². The summed E-state index contributed by atoms with van der Waals surface area (Å²) >= 11 is 0. The standard InChI is InChI=1S/C18H28N2O/c1-3-20(17-11-15-6-7-16(12-17)19-15)13(2)10-14-4-8-18(21)9-5-14/h4-5,8-9,13,15-17,19,21H,3,6-7,10-12H2,1-2H3. The van der Waals surface area contributed by atoms with E-state index in [9.17, 15) is 5.11 Å². The zero-order valence-corrected chi connectivity index (χ0v) is 13.3.